The third kappa shape index (κ3) is 3.07. The number of imidazole rings is 1. The van der Waals surface area contributed by atoms with E-state index in [2.05, 4.69) is 15.1 Å². The lowest BCUT2D eigenvalue weighted by atomic mass is 9.76. The molecular weight excluding hydrogens is 396 g/mol. The quantitative estimate of drug-likeness (QED) is 0.508. The van der Waals surface area contributed by atoms with Crippen molar-refractivity contribution in [2.24, 2.45) is 7.05 Å². The van der Waals surface area contributed by atoms with Crippen LogP contribution in [0.3, 0.4) is 0 Å². The first-order chi connectivity index (χ1) is 14.0. The van der Waals surface area contributed by atoms with E-state index < -0.39 is 5.76 Å². The largest absolute Gasteiger partial charge is 0.437 e. The van der Waals surface area contributed by atoms with Crippen molar-refractivity contribution in [2.75, 3.05) is 0 Å². The molecule has 4 aromatic rings. The highest BCUT2D eigenvalue weighted by atomic mass is 35.5. The van der Waals surface area contributed by atoms with Gasteiger partial charge in [0.25, 0.3) is 5.56 Å². The first kappa shape index (κ1) is 17.9. The Labute approximate surface area is 169 Å². The molecule has 1 aromatic carbocycles. The van der Waals surface area contributed by atoms with Crippen molar-refractivity contribution in [3.05, 3.63) is 74.3 Å². The average Bonchev–Trinajstić information content (AvgIpc) is 3.20. The van der Waals surface area contributed by atoms with Crippen LogP contribution in [0.25, 0.3) is 11.2 Å². The first-order valence-electron chi connectivity index (χ1n) is 9.20. The Balaban J connectivity index is 1.35. The van der Waals surface area contributed by atoms with Gasteiger partial charge in [-0.1, -0.05) is 23.7 Å². The maximum absolute atomic E-state index is 12.6. The molecule has 0 saturated heterocycles. The van der Waals surface area contributed by atoms with Gasteiger partial charge in [-0.15, -0.1) is 5.10 Å². The smallest absolute Gasteiger partial charge is 0.390 e. The predicted octanol–water partition coefficient (Wildman–Crippen LogP) is 2.10. The fourth-order valence-electron chi connectivity index (χ4n) is 3.77. The molecule has 1 aliphatic carbocycles. The van der Waals surface area contributed by atoms with Gasteiger partial charge in [0.1, 0.15) is 12.9 Å². The number of benzene rings is 1. The maximum atomic E-state index is 12.6. The van der Waals surface area contributed by atoms with Crippen molar-refractivity contribution in [3.8, 4) is 0 Å². The maximum Gasteiger partial charge on any atom is 0.437 e. The predicted molar refractivity (Wildman–Crippen MR) is 105 cm³/mol. The van der Waals surface area contributed by atoms with E-state index in [4.69, 9.17) is 16.0 Å². The number of hydrogen-bond acceptors (Lipinski definition) is 6. The molecule has 1 aliphatic rings. The summed E-state index contributed by atoms with van der Waals surface area (Å²) in [6.45, 7) is 0.0274. The number of aromatic nitrogens is 6. The molecule has 0 amide bonds. The lowest BCUT2D eigenvalue weighted by Gasteiger charge is -2.34. The highest BCUT2D eigenvalue weighted by molar-refractivity contribution is 6.30. The Kier molecular flexibility index (Phi) is 4.13. The second-order valence-corrected chi connectivity index (χ2v) is 7.73. The van der Waals surface area contributed by atoms with Gasteiger partial charge in [0.15, 0.2) is 11.2 Å². The van der Waals surface area contributed by atoms with Crippen molar-refractivity contribution in [1.29, 1.82) is 0 Å². The van der Waals surface area contributed by atoms with E-state index in [9.17, 15) is 9.59 Å². The van der Waals surface area contributed by atoms with E-state index in [0.29, 0.717) is 22.1 Å². The van der Waals surface area contributed by atoms with Gasteiger partial charge in [-0.2, -0.15) is 4.68 Å². The van der Waals surface area contributed by atoms with E-state index in [1.807, 2.05) is 24.3 Å². The molecular formula is C19H17ClN6O3. The molecule has 3 heterocycles. The molecule has 10 heteroatoms. The van der Waals surface area contributed by atoms with E-state index in [1.165, 1.54) is 21.9 Å². The Hall–Kier alpha value is -3.20. The number of fused-ring (bicyclic) bond motifs is 1. The molecule has 9 nitrogen and oxygen atoms in total. The minimum atomic E-state index is -0.517. The van der Waals surface area contributed by atoms with E-state index in [1.54, 1.807) is 11.6 Å². The van der Waals surface area contributed by atoms with Crippen LogP contribution >= 0.6 is 11.6 Å². The zero-order valence-corrected chi connectivity index (χ0v) is 16.3. The summed E-state index contributed by atoms with van der Waals surface area (Å²) in [5.74, 6) is -0.00592. The number of aryl methyl sites for hydroxylation is 1. The highest BCUT2D eigenvalue weighted by Crippen LogP contribution is 2.44. The van der Waals surface area contributed by atoms with Gasteiger partial charge in [0.05, 0.1) is 12.4 Å². The molecule has 0 atom stereocenters. The van der Waals surface area contributed by atoms with Crippen molar-refractivity contribution in [3.63, 3.8) is 0 Å². The Bertz CT molecular complexity index is 1330. The lowest BCUT2D eigenvalue weighted by Crippen LogP contribution is -2.31. The van der Waals surface area contributed by atoms with E-state index in [-0.39, 0.29) is 24.0 Å². The van der Waals surface area contributed by atoms with Crippen LogP contribution < -0.4 is 11.3 Å². The summed E-state index contributed by atoms with van der Waals surface area (Å²) >= 11 is 6.06. The summed E-state index contributed by atoms with van der Waals surface area (Å²) in [5.41, 5.74) is 1.66. The monoisotopic (exact) mass is 412 g/mol. The van der Waals surface area contributed by atoms with Gasteiger partial charge in [-0.3, -0.25) is 9.36 Å². The standard InChI is InChI=1S/C19H17ClN6O3/c1-24-9-21-17-16(24)18(27)25(10-22-17)8-15-23-26(19(28)29-15)14-6-12(7-14)11-3-2-4-13(20)5-11/h2-5,9-10,12,14H,6-8H2,1H3/t12-,14-. The van der Waals surface area contributed by atoms with E-state index in [0.717, 1.165) is 18.4 Å². The van der Waals surface area contributed by atoms with E-state index >= 15 is 0 Å². The van der Waals surface area contributed by atoms with Crippen LogP contribution in [-0.4, -0.2) is 28.9 Å². The molecule has 0 aliphatic heterocycles. The Morgan fingerprint density at radius 3 is 2.79 bits per heavy atom. The van der Waals surface area contributed by atoms with Crippen LogP contribution in [0.2, 0.25) is 5.02 Å². The van der Waals surface area contributed by atoms with Crippen LogP contribution in [0.5, 0.6) is 0 Å². The second kappa shape index (κ2) is 6.70. The summed E-state index contributed by atoms with van der Waals surface area (Å²) in [6.07, 6.45) is 4.49. The van der Waals surface area contributed by atoms with Crippen LogP contribution in [0.1, 0.15) is 36.3 Å². The molecule has 148 valence electrons. The molecule has 0 radical (unpaired) electrons. The van der Waals surface area contributed by atoms with Crippen LogP contribution in [0, 0.1) is 0 Å². The highest BCUT2D eigenvalue weighted by Gasteiger charge is 2.34. The summed E-state index contributed by atoms with van der Waals surface area (Å²) in [7, 11) is 1.73. The number of rotatable bonds is 4. The van der Waals surface area contributed by atoms with Crippen LogP contribution in [0.15, 0.2) is 50.9 Å². The molecule has 0 N–H and O–H groups in total. The number of hydrogen-bond donors (Lipinski definition) is 0. The normalized spacial score (nSPS) is 18.8. The van der Waals surface area contributed by atoms with Gasteiger partial charge in [0.2, 0.25) is 5.89 Å². The number of halogens is 1. The summed E-state index contributed by atoms with van der Waals surface area (Å²) in [4.78, 5) is 33.1. The van der Waals surface area contributed by atoms with Gasteiger partial charge >= 0.3 is 5.76 Å². The molecule has 0 spiro atoms. The Morgan fingerprint density at radius 1 is 1.21 bits per heavy atom. The first-order valence-corrected chi connectivity index (χ1v) is 9.58. The fourth-order valence-corrected chi connectivity index (χ4v) is 3.97. The molecule has 1 fully saturated rings. The molecule has 5 rings (SSSR count). The van der Waals surface area contributed by atoms with Gasteiger partial charge < -0.3 is 8.98 Å². The summed E-state index contributed by atoms with van der Waals surface area (Å²) in [5, 5.41) is 5.01. The molecule has 0 bridgehead atoms. The summed E-state index contributed by atoms with van der Waals surface area (Å²) < 4.78 is 9.62. The zero-order valence-electron chi connectivity index (χ0n) is 15.5. The second-order valence-electron chi connectivity index (χ2n) is 7.29. The molecule has 3 aromatic heterocycles. The van der Waals surface area contributed by atoms with Crippen molar-refractivity contribution in [1.82, 2.24) is 28.9 Å². The molecule has 29 heavy (non-hydrogen) atoms. The van der Waals surface area contributed by atoms with Crippen LogP contribution in [-0.2, 0) is 13.6 Å². The molecule has 1 saturated carbocycles. The third-order valence-electron chi connectivity index (χ3n) is 5.40. The number of nitrogens with zero attached hydrogens (tertiary/aromatic N) is 6. The average molecular weight is 413 g/mol. The zero-order chi connectivity index (χ0) is 20.1. The topological polar surface area (TPSA) is 101 Å². The van der Waals surface area contributed by atoms with Gasteiger partial charge in [-0.05, 0) is 36.5 Å². The minimum Gasteiger partial charge on any atom is -0.390 e. The van der Waals surface area contributed by atoms with Crippen molar-refractivity contribution >= 4 is 22.8 Å². The SMILES string of the molecule is Cn1cnc2ncn(Cc3nn([C@H]4C[C@H](c5cccc(Cl)c5)C4)c(=O)o3)c(=O)c21. The molecule has 0 unspecified atom stereocenters. The third-order valence-corrected chi connectivity index (χ3v) is 5.63. The fraction of sp³-hybridized carbons (Fsp3) is 0.316. The minimum absolute atomic E-state index is 0.0274. The van der Waals surface area contributed by atoms with Crippen molar-refractivity contribution in [2.45, 2.75) is 31.3 Å². The van der Waals surface area contributed by atoms with Crippen molar-refractivity contribution < 1.29 is 4.42 Å². The summed E-state index contributed by atoms with van der Waals surface area (Å²) in [6, 6.07) is 7.73. The van der Waals surface area contributed by atoms with Crippen LogP contribution in [0.4, 0.5) is 0 Å². The van der Waals surface area contributed by atoms with Gasteiger partial charge in [0, 0.05) is 12.1 Å². The van der Waals surface area contributed by atoms with Gasteiger partial charge in [-0.25, -0.2) is 14.8 Å². The Morgan fingerprint density at radius 2 is 2.00 bits per heavy atom. The lowest BCUT2D eigenvalue weighted by molar-refractivity contribution is 0.233.